The predicted octanol–water partition coefficient (Wildman–Crippen LogP) is 3.17. The highest BCUT2D eigenvalue weighted by Crippen LogP contribution is 2.20. The fraction of sp³-hybridized carbons (Fsp3) is 0.286. The van der Waals surface area contributed by atoms with Gasteiger partial charge in [0.25, 0.3) is 0 Å². The molecule has 1 unspecified atom stereocenters. The lowest BCUT2D eigenvalue weighted by atomic mass is 10.1. The minimum atomic E-state index is -2.83. The molecule has 1 aromatic carbocycles. The maximum absolute atomic E-state index is 12.1. The molecule has 2 aromatic rings. The third-order valence-corrected chi connectivity index (χ3v) is 3.67. The molecular formula is C14H15F2NO2S. The molecule has 0 fully saturated rings. The summed E-state index contributed by atoms with van der Waals surface area (Å²) in [6.07, 6.45) is 0. The standard InChI is InChI=1S/C14H15F2NO2S/c15-14(16)19-11-5-3-10(4-6-11)13(9-18)17-8-12-2-1-7-20-12/h1-7,13-14,17-18H,8-9H2. The number of hydrogen-bond acceptors (Lipinski definition) is 4. The number of nitrogens with one attached hydrogen (secondary N) is 1. The summed E-state index contributed by atoms with van der Waals surface area (Å²) >= 11 is 1.63. The Morgan fingerprint density at radius 3 is 2.50 bits per heavy atom. The molecule has 0 aliphatic carbocycles. The molecule has 0 radical (unpaired) electrons. The molecule has 108 valence electrons. The molecule has 1 aromatic heterocycles. The molecule has 0 spiro atoms. The molecule has 1 atom stereocenters. The van der Waals surface area contributed by atoms with Crippen molar-refractivity contribution in [1.82, 2.24) is 5.32 Å². The van der Waals surface area contributed by atoms with E-state index in [4.69, 9.17) is 0 Å². The first-order valence-electron chi connectivity index (χ1n) is 6.10. The summed E-state index contributed by atoms with van der Waals surface area (Å²) in [5, 5.41) is 14.6. The molecule has 2 N–H and O–H groups in total. The smallest absolute Gasteiger partial charge is 0.387 e. The van der Waals surface area contributed by atoms with Crippen LogP contribution in [0.15, 0.2) is 41.8 Å². The second kappa shape index (κ2) is 7.33. The van der Waals surface area contributed by atoms with Crippen molar-refractivity contribution < 1.29 is 18.6 Å². The number of ether oxygens (including phenoxy) is 1. The number of benzene rings is 1. The highest BCUT2D eigenvalue weighted by molar-refractivity contribution is 7.09. The van der Waals surface area contributed by atoms with Gasteiger partial charge in [0.1, 0.15) is 5.75 Å². The molecule has 0 bridgehead atoms. The van der Waals surface area contributed by atoms with Crippen molar-refractivity contribution in [1.29, 1.82) is 0 Å². The van der Waals surface area contributed by atoms with Gasteiger partial charge < -0.3 is 15.2 Å². The van der Waals surface area contributed by atoms with Crippen molar-refractivity contribution in [2.75, 3.05) is 6.61 Å². The highest BCUT2D eigenvalue weighted by atomic mass is 32.1. The largest absolute Gasteiger partial charge is 0.435 e. The molecule has 1 heterocycles. The number of hydrogen-bond donors (Lipinski definition) is 2. The first-order chi connectivity index (χ1) is 9.69. The highest BCUT2D eigenvalue weighted by Gasteiger charge is 2.11. The zero-order valence-corrected chi connectivity index (χ0v) is 11.4. The van der Waals surface area contributed by atoms with Crippen molar-refractivity contribution >= 4 is 11.3 Å². The molecule has 6 heteroatoms. The average molecular weight is 299 g/mol. The van der Waals surface area contributed by atoms with Crippen LogP contribution in [0.3, 0.4) is 0 Å². The summed E-state index contributed by atoms with van der Waals surface area (Å²) in [6.45, 7) is -2.25. The number of thiophene rings is 1. The zero-order chi connectivity index (χ0) is 14.4. The van der Waals surface area contributed by atoms with Gasteiger partial charge in [-0.05, 0) is 29.1 Å². The SMILES string of the molecule is OCC(NCc1cccs1)c1ccc(OC(F)F)cc1. The number of halogens is 2. The van der Waals surface area contributed by atoms with Gasteiger partial charge in [-0.3, -0.25) is 0 Å². The molecule has 0 saturated carbocycles. The maximum atomic E-state index is 12.1. The summed E-state index contributed by atoms with van der Waals surface area (Å²) < 4.78 is 28.4. The molecule has 20 heavy (non-hydrogen) atoms. The summed E-state index contributed by atoms with van der Waals surface area (Å²) in [4.78, 5) is 1.17. The van der Waals surface area contributed by atoms with Gasteiger partial charge in [-0.2, -0.15) is 8.78 Å². The van der Waals surface area contributed by atoms with Crippen LogP contribution in [-0.4, -0.2) is 18.3 Å². The number of aliphatic hydroxyl groups excluding tert-OH is 1. The van der Waals surface area contributed by atoms with Crippen LogP contribution in [0, 0.1) is 0 Å². The minimum Gasteiger partial charge on any atom is -0.435 e. The van der Waals surface area contributed by atoms with E-state index in [-0.39, 0.29) is 18.4 Å². The first-order valence-corrected chi connectivity index (χ1v) is 6.98. The molecule has 0 aliphatic heterocycles. The second-order valence-electron chi connectivity index (χ2n) is 4.14. The van der Waals surface area contributed by atoms with Gasteiger partial charge in [-0.25, -0.2) is 0 Å². The third kappa shape index (κ3) is 4.26. The lowest BCUT2D eigenvalue weighted by Crippen LogP contribution is -2.23. The Balaban J connectivity index is 1.96. The Kier molecular flexibility index (Phi) is 5.46. The van der Waals surface area contributed by atoms with Crippen LogP contribution in [0.25, 0.3) is 0 Å². The fourth-order valence-electron chi connectivity index (χ4n) is 1.81. The molecule has 0 aliphatic rings. The quantitative estimate of drug-likeness (QED) is 0.825. The van der Waals surface area contributed by atoms with E-state index in [2.05, 4.69) is 10.1 Å². The Morgan fingerprint density at radius 2 is 1.95 bits per heavy atom. The van der Waals surface area contributed by atoms with Crippen molar-refractivity contribution in [3.05, 3.63) is 52.2 Å². The van der Waals surface area contributed by atoms with Crippen molar-refractivity contribution in [3.63, 3.8) is 0 Å². The monoisotopic (exact) mass is 299 g/mol. The van der Waals surface area contributed by atoms with Gasteiger partial charge in [-0.15, -0.1) is 11.3 Å². The van der Waals surface area contributed by atoms with E-state index < -0.39 is 6.61 Å². The summed E-state index contributed by atoms with van der Waals surface area (Å²) in [7, 11) is 0. The number of rotatable bonds is 7. The van der Waals surface area contributed by atoms with Gasteiger partial charge >= 0.3 is 6.61 Å². The Labute approximate surface area is 119 Å². The van der Waals surface area contributed by atoms with E-state index in [1.54, 1.807) is 23.5 Å². The van der Waals surface area contributed by atoms with Crippen LogP contribution in [0.2, 0.25) is 0 Å². The first kappa shape index (κ1) is 14.9. The summed E-state index contributed by atoms with van der Waals surface area (Å²) in [5.41, 5.74) is 0.825. The van der Waals surface area contributed by atoms with Crippen LogP contribution in [-0.2, 0) is 6.54 Å². The maximum Gasteiger partial charge on any atom is 0.387 e. The fourth-order valence-corrected chi connectivity index (χ4v) is 2.46. The normalized spacial score (nSPS) is 12.6. The van der Waals surface area contributed by atoms with E-state index >= 15 is 0 Å². The summed E-state index contributed by atoms with van der Waals surface area (Å²) in [6, 6.07) is 10.0. The molecule has 2 rings (SSSR count). The van der Waals surface area contributed by atoms with Gasteiger partial charge in [0, 0.05) is 11.4 Å². The third-order valence-electron chi connectivity index (χ3n) is 2.79. The van der Waals surface area contributed by atoms with Crippen LogP contribution in [0.5, 0.6) is 5.75 Å². The van der Waals surface area contributed by atoms with E-state index in [9.17, 15) is 13.9 Å². The average Bonchev–Trinajstić information content (AvgIpc) is 2.94. The Morgan fingerprint density at radius 1 is 1.20 bits per heavy atom. The van der Waals surface area contributed by atoms with E-state index in [1.165, 1.54) is 17.0 Å². The van der Waals surface area contributed by atoms with E-state index in [1.807, 2.05) is 17.5 Å². The number of alkyl halides is 2. The van der Waals surface area contributed by atoms with E-state index in [0.29, 0.717) is 6.54 Å². The van der Waals surface area contributed by atoms with Crippen LogP contribution >= 0.6 is 11.3 Å². The summed E-state index contributed by atoms with van der Waals surface area (Å²) in [5.74, 6) is 0.110. The van der Waals surface area contributed by atoms with Gasteiger partial charge in [-0.1, -0.05) is 18.2 Å². The van der Waals surface area contributed by atoms with Crippen molar-refractivity contribution in [3.8, 4) is 5.75 Å². The van der Waals surface area contributed by atoms with Gasteiger partial charge in [0.2, 0.25) is 0 Å². The van der Waals surface area contributed by atoms with E-state index in [0.717, 1.165) is 5.56 Å². The van der Waals surface area contributed by atoms with Gasteiger partial charge in [0.15, 0.2) is 0 Å². The van der Waals surface area contributed by atoms with Crippen molar-refractivity contribution in [2.24, 2.45) is 0 Å². The molecule has 3 nitrogen and oxygen atoms in total. The molecular weight excluding hydrogens is 284 g/mol. The Hall–Kier alpha value is -1.50. The lowest BCUT2D eigenvalue weighted by Gasteiger charge is -2.16. The zero-order valence-electron chi connectivity index (χ0n) is 10.6. The Bertz CT molecular complexity index is 502. The predicted molar refractivity (Wildman–Crippen MR) is 74.1 cm³/mol. The lowest BCUT2D eigenvalue weighted by molar-refractivity contribution is -0.0498. The second-order valence-corrected chi connectivity index (χ2v) is 5.18. The number of aliphatic hydroxyl groups is 1. The van der Waals surface area contributed by atoms with Crippen LogP contribution < -0.4 is 10.1 Å². The van der Waals surface area contributed by atoms with Crippen LogP contribution in [0.1, 0.15) is 16.5 Å². The minimum absolute atomic E-state index is 0.0690. The molecule has 0 saturated heterocycles. The topological polar surface area (TPSA) is 41.5 Å². The molecule has 0 amide bonds. The van der Waals surface area contributed by atoms with Crippen LogP contribution in [0.4, 0.5) is 8.78 Å². The van der Waals surface area contributed by atoms with Crippen molar-refractivity contribution in [2.45, 2.75) is 19.2 Å². The van der Waals surface area contributed by atoms with Gasteiger partial charge in [0.05, 0.1) is 12.6 Å².